The summed E-state index contributed by atoms with van der Waals surface area (Å²) in [5.41, 5.74) is -0.298. The highest BCUT2D eigenvalue weighted by Crippen LogP contribution is 2.28. The van der Waals surface area contributed by atoms with Crippen LogP contribution in [0.5, 0.6) is 0 Å². The van der Waals surface area contributed by atoms with E-state index in [0.717, 1.165) is 0 Å². The van der Waals surface area contributed by atoms with Gasteiger partial charge in [-0.05, 0) is 19.3 Å². The van der Waals surface area contributed by atoms with Crippen LogP contribution in [0, 0.1) is 5.41 Å². The molecule has 5 heteroatoms. The van der Waals surface area contributed by atoms with Crippen LogP contribution in [-0.2, 0) is 14.3 Å². The summed E-state index contributed by atoms with van der Waals surface area (Å²) in [5, 5.41) is 2.74. The topological polar surface area (TPSA) is 58.6 Å². The third-order valence-electron chi connectivity index (χ3n) is 3.25. The van der Waals surface area contributed by atoms with E-state index >= 15 is 0 Å². The zero-order valence-corrected chi connectivity index (χ0v) is 12.1. The summed E-state index contributed by atoms with van der Waals surface area (Å²) in [6, 6.07) is -0.904. The normalized spacial score (nSPS) is 27.1. The van der Waals surface area contributed by atoms with Gasteiger partial charge in [-0.25, -0.2) is 0 Å². The molecule has 0 aromatic heterocycles. The van der Waals surface area contributed by atoms with E-state index < -0.39 is 12.1 Å². The first-order chi connectivity index (χ1) is 8.18. The van der Waals surface area contributed by atoms with E-state index in [2.05, 4.69) is 5.32 Å². The van der Waals surface area contributed by atoms with Crippen LogP contribution >= 0.6 is 0 Å². The number of nitrogens with one attached hydrogen (secondary N) is 1. The van der Waals surface area contributed by atoms with E-state index in [9.17, 15) is 9.59 Å². The van der Waals surface area contributed by atoms with Crippen LogP contribution in [0.1, 0.15) is 34.6 Å². The molecule has 1 aliphatic heterocycles. The van der Waals surface area contributed by atoms with Crippen molar-refractivity contribution in [3.05, 3.63) is 0 Å². The van der Waals surface area contributed by atoms with Gasteiger partial charge in [-0.3, -0.25) is 9.59 Å². The molecule has 3 atom stereocenters. The molecule has 0 saturated carbocycles. The van der Waals surface area contributed by atoms with Gasteiger partial charge in [-0.15, -0.1) is 0 Å². The van der Waals surface area contributed by atoms with E-state index in [1.54, 1.807) is 18.9 Å². The SMILES string of the molecule is COC(C)CN1C(=O)C(C)NC(=O)C1C(C)(C)C. The molecule has 0 radical (unpaired) electrons. The second kappa shape index (κ2) is 5.26. The summed E-state index contributed by atoms with van der Waals surface area (Å²) in [4.78, 5) is 26.0. The van der Waals surface area contributed by atoms with Crippen molar-refractivity contribution in [2.75, 3.05) is 13.7 Å². The molecule has 3 unspecified atom stereocenters. The third kappa shape index (κ3) is 3.02. The van der Waals surface area contributed by atoms with Crippen molar-refractivity contribution < 1.29 is 14.3 Å². The summed E-state index contributed by atoms with van der Waals surface area (Å²) in [6.45, 7) is 9.93. The van der Waals surface area contributed by atoms with Gasteiger partial charge in [-0.2, -0.15) is 0 Å². The third-order valence-corrected chi connectivity index (χ3v) is 3.25. The Labute approximate surface area is 109 Å². The first-order valence-corrected chi connectivity index (χ1v) is 6.32. The monoisotopic (exact) mass is 256 g/mol. The van der Waals surface area contributed by atoms with Crippen molar-refractivity contribution in [3.63, 3.8) is 0 Å². The Morgan fingerprint density at radius 3 is 2.39 bits per heavy atom. The zero-order valence-electron chi connectivity index (χ0n) is 12.1. The van der Waals surface area contributed by atoms with Crippen LogP contribution in [-0.4, -0.2) is 48.6 Å². The van der Waals surface area contributed by atoms with Crippen LogP contribution < -0.4 is 5.32 Å². The van der Waals surface area contributed by atoms with Crippen LogP contribution in [0.4, 0.5) is 0 Å². The van der Waals surface area contributed by atoms with Crippen molar-refractivity contribution in [1.29, 1.82) is 0 Å². The Kier molecular flexibility index (Phi) is 4.37. The fourth-order valence-electron chi connectivity index (χ4n) is 2.28. The average Bonchev–Trinajstić information content (AvgIpc) is 2.23. The molecular weight excluding hydrogens is 232 g/mol. The minimum absolute atomic E-state index is 0.0431. The number of piperazine rings is 1. The van der Waals surface area contributed by atoms with E-state index in [-0.39, 0.29) is 23.3 Å². The van der Waals surface area contributed by atoms with Gasteiger partial charge in [0.05, 0.1) is 6.10 Å². The number of carbonyl (C=O) groups excluding carboxylic acids is 2. The number of carbonyl (C=O) groups is 2. The minimum Gasteiger partial charge on any atom is -0.380 e. The van der Waals surface area contributed by atoms with Crippen LogP contribution in [0.25, 0.3) is 0 Å². The summed E-state index contributed by atoms with van der Waals surface area (Å²) >= 11 is 0. The van der Waals surface area contributed by atoms with E-state index in [1.165, 1.54) is 0 Å². The molecule has 1 N–H and O–H groups in total. The zero-order chi connectivity index (χ0) is 14.1. The first-order valence-electron chi connectivity index (χ1n) is 6.32. The number of nitrogens with zero attached hydrogens (tertiary/aromatic N) is 1. The molecule has 18 heavy (non-hydrogen) atoms. The van der Waals surface area contributed by atoms with Crippen molar-refractivity contribution in [2.45, 2.75) is 52.8 Å². The van der Waals surface area contributed by atoms with Gasteiger partial charge in [-0.1, -0.05) is 20.8 Å². The minimum atomic E-state index is -0.458. The maximum atomic E-state index is 12.2. The molecule has 1 saturated heterocycles. The van der Waals surface area contributed by atoms with Crippen molar-refractivity contribution in [1.82, 2.24) is 10.2 Å². The fourth-order valence-corrected chi connectivity index (χ4v) is 2.28. The van der Waals surface area contributed by atoms with Gasteiger partial charge in [0.25, 0.3) is 0 Å². The van der Waals surface area contributed by atoms with Crippen molar-refractivity contribution in [2.24, 2.45) is 5.41 Å². The van der Waals surface area contributed by atoms with E-state index in [4.69, 9.17) is 4.74 Å². The molecule has 1 aliphatic rings. The Morgan fingerprint density at radius 2 is 1.94 bits per heavy atom. The number of amides is 2. The predicted octanol–water partition coefficient (Wildman–Crippen LogP) is 0.783. The van der Waals surface area contributed by atoms with E-state index in [0.29, 0.717) is 6.54 Å². The highest BCUT2D eigenvalue weighted by molar-refractivity contribution is 5.97. The summed E-state index contributed by atoms with van der Waals surface area (Å²) in [7, 11) is 1.61. The second-order valence-corrected chi connectivity index (χ2v) is 6.04. The lowest BCUT2D eigenvalue weighted by Crippen LogP contribution is -2.66. The smallest absolute Gasteiger partial charge is 0.245 e. The van der Waals surface area contributed by atoms with Gasteiger partial charge >= 0.3 is 0 Å². The van der Waals surface area contributed by atoms with E-state index in [1.807, 2.05) is 27.7 Å². The Hall–Kier alpha value is -1.10. The van der Waals surface area contributed by atoms with Crippen molar-refractivity contribution in [3.8, 4) is 0 Å². The number of hydrogen-bond donors (Lipinski definition) is 1. The quantitative estimate of drug-likeness (QED) is 0.812. The Balaban J connectivity index is 3.01. The second-order valence-electron chi connectivity index (χ2n) is 6.04. The van der Waals surface area contributed by atoms with Gasteiger partial charge in [0.15, 0.2) is 0 Å². The Bertz CT molecular complexity index is 336. The molecule has 0 bridgehead atoms. The molecule has 5 nitrogen and oxygen atoms in total. The Morgan fingerprint density at radius 1 is 1.39 bits per heavy atom. The summed E-state index contributed by atoms with van der Waals surface area (Å²) < 4.78 is 5.21. The molecule has 1 fully saturated rings. The highest BCUT2D eigenvalue weighted by atomic mass is 16.5. The molecule has 0 aromatic rings. The fraction of sp³-hybridized carbons (Fsp3) is 0.846. The first kappa shape index (κ1) is 15.0. The standard InChI is InChI=1S/C13H24N2O3/c1-8(18-6)7-15-10(13(3,4)5)11(16)14-9(2)12(15)17/h8-10H,7H2,1-6H3,(H,14,16). The maximum absolute atomic E-state index is 12.2. The summed E-state index contributed by atoms with van der Waals surface area (Å²) in [5.74, 6) is -0.128. The summed E-state index contributed by atoms with van der Waals surface area (Å²) in [6.07, 6.45) is -0.0862. The number of hydrogen-bond acceptors (Lipinski definition) is 3. The number of methoxy groups -OCH3 is 1. The predicted molar refractivity (Wildman–Crippen MR) is 69.0 cm³/mol. The number of ether oxygens (including phenoxy) is 1. The highest BCUT2D eigenvalue weighted by Gasteiger charge is 2.44. The van der Waals surface area contributed by atoms with Gasteiger partial charge in [0, 0.05) is 13.7 Å². The van der Waals surface area contributed by atoms with Gasteiger partial charge in [0.1, 0.15) is 12.1 Å². The molecule has 0 spiro atoms. The van der Waals surface area contributed by atoms with Gasteiger partial charge in [0.2, 0.25) is 11.8 Å². The lowest BCUT2D eigenvalue weighted by molar-refractivity contribution is -0.155. The molecule has 1 heterocycles. The molecule has 1 rings (SSSR count). The maximum Gasteiger partial charge on any atom is 0.245 e. The molecule has 0 aliphatic carbocycles. The molecule has 2 amide bonds. The average molecular weight is 256 g/mol. The largest absolute Gasteiger partial charge is 0.380 e. The van der Waals surface area contributed by atoms with Gasteiger partial charge < -0.3 is 15.0 Å². The van der Waals surface area contributed by atoms with Crippen LogP contribution in [0.2, 0.25) is 0 Å². The van der Waals surface area contributed by atoms with Crippen molar-refractivity contribution >= 4 is 11.8 Å². The number of rotatable bonds is 3. The lowest BCUT2D eigenvalue weighted by atomic mass is 9.83. The molecule has 0 aromatic carbocycles. The van der Waals surface area contributed by atoms with Crippen LogP contribution in [0.15, 0.2) is 0 Å². The van der Waals surface area contributed by atoms with Crippen LogP contribution in [0.3, 0.4) is 0 Å². The molecule has 104 valence electrons. The lowest BCUT2D eigenvalue weighted by Gasteiger charge is -2.44. The molecular formula is C13H24N2O3.